The summed E-state index contributed by atoms with van der Waals surface area (Å²) in [7, 11) is 0. The van der Waals surface area contributed by atoms with Gasteiger partial charge in [0.25, 0.3) is 0 Å². The van der Waals surface area contributed by atoms with E-state index in [1.54, 1.807) is 36.5 Å². The van der Waals surface area contributed by atoms with Gasteiger partial charge in [-0.3, -0.25) is 19.5 Å². The zero-order valence-electron chi connectivity index (χ0n) is 15.4. The van der Waals surface area contributed by atoms with Crippen molar-refractivity contribution >= 4 is 22.9 Å². The van der Waals surface area contributed by atoms with Crippen LogP contribution in [0.15, 0.2) is 50.3 Å². The maximum Gasteiger partial charge on any atom is 0.420 e. The van der Waals surface area contributed by atoms with E-state index in [1.165, 1.54) is 4.57 Å². The molecule has 2 amide bonds. The number of amides is 2. The topological polar surface area (TPSA) is 146 Å². The summed E-state index contributed by atoms with van der Waals surface area (Å²) in [4.78, 5) is 40.4. The summed E-state index contributed by atoms with van der Waals surface area (Å²) in [6.45, 7) is 0. The molecule has 0 bridgehead atoms. The highest BCUT2D eigenvalue weighted by atomic mass is 16.5. The number of benzene rings is 1. The molecule has 0 aliphatic carbocycles. The number of imide groups is 1. The Morgan fingerprint density at radius 3 is 2.90 bits per heavy atom. The van der Waals surface area contributed by atoms with E-state index in [9.17, 15) is 14.4 Å². The molecule has 0 spiro atoms. The quantitative estimate of drug-likeness (QED) is 0.490. The highest BCUT2D eigenvalue weighted by Crippen LogP contribution is 2.25. The molecule has 4 aromatic rings. The van der Waals surface area contributed by atoms with Crippen LogP contribution in [0.25, 0.3) is 22.6 Å². The highest BCUT2D eigenvalue weighted by molar-refractivity contribution is 6.00. The maximum atomic E-state index is 12.4. The minimum Gasteiger partial charge on any atom is -0.408 e. The number of nitrogens with one attached hydrogen (secondary N) is 1. The first-order valence-electron chi connectivity index (χ1n) is 9.17. The monoisotopic (exact) mass is 406 g/mol. The van der Waals surface area contributed by atoms with E-state index < -0.39 is 17.7 Å². The van der Waals surface area contributed by atoms with Gasteiger partial charge in [-0.2, -0.15) is 10.1 Å². The van der Waals surface area contributed by atoms with E-state index in [0.717, 1.165) is 5.56 Å². The lowest BCUT2D eigenvalue weighted by Crippen LogP contribution is -2.43. The molecular weight excluding hydrogens is 392 g/mol. The molecule has 1 aromatic carbocycles. The van der Waals surface area contributed by atoms with Crippen molar-refractivity contribution in [3.05, 3.63) is 58.5 Å². The van der Waals surface area contributed by atoms with Crippen LogP contribution in [0.2, 0.25) is 0 Å². The third-order valence-corrected chi connectivity index (χ3v) is 4.82. The molecule has 4 heterocycles. The van der Waals surface area contributed by atoms with Crippen LogP contribution >= 0.6 is 0 Å². The molecule has 1 aliphatic rings. The number of hydrogen-bond acceptors (Lipinski definition) is 9. The molecule has 11 heteroatoms. The van der Waals surface area contributed by atoms with Crippen molar-refractivity contribution in [2.24, 2.45) is 0 Å². The van der Waals surface area contributed by atoms with Crippen molar-refractivity contribution < 1.29 is 18.5 Å². The summed E-state index contributed by atoms with van der Waals surface area (Å²) in [5, 5.41) is 13.9. The van der Waals surface area contributed by atoms with E-state index in [0.29, 0.717) is 34.9 Å². The number of hydrogen-bond donors (Lipinski definition) is 1. The van der Waals surface area contributed by atoms with Gasteiger partial charge in [0, 0.05) is 12.6 Å². The standard InChI is InChI=1S/C19H14N6O5/c26-15-6-4-12(18(27)21-15)25-13-8-10(3-5-14(13)29-19(25)28)9-16-22-17(24-30-16)11-2-1-7-20-23-11/h1-3,5,7-8,12H,4,6,9H2,(H,21,26,27). The Hall–Kier alpha value is -4.15. The van der Waals surface area contributed by atoms with Gasteiger partial charge >= 0.3 is 5.76 Å². The summed E-state index contributed by atoms with van der Waals surface area (Å²) in [6, 6.07) is 7.78. The van der Waals surface area contributed by atoms with Gasteiger partial charge in [0.15, 0.2) is 5.58 Å². The Bertz CT molecular complexity index is 1320. The zero-order chi connectivity index (χ0) is 20.7. The first-order valence-corrected chi connectivity index (χ1v) is 9.17. The van der Waals surface area contributed by atoms with Gasteiger partial charge in [0.2, 0.25) is 23.5 Å². The Morgan fingerprint density at radius 1 is 1.20 bits per heavy atom. The lowest BCUT2D eigenvalue weighted by Gasteiger charge is -2.21. The van der Waals surface area contributed by atoms with Crippen LogP contribution in [-0.4, -0.2) is 36.7 Å². The van der Waals surface area contributed by atoms with Crippen LogP contribution in [0.3, 0.4) is 0 Å². The number of nitrogens with zero attached hydrogens (tertiary/aromatic N) is 5. The Labute approximate surface area is 167 Å². The molecule has 0 radical (unpaired) electrons. The lowest BCUT2D eigenvalue weighted by molar-refractivity contribution is -0.135. The second-order valence-corrected chi connectivity index (χ2v) is 6.80. The Kier molecular flexibility index (Phi) is 4.20. The highest BCUT2D eigenvalue weighted by Gasteiger charge is 2.31. The first-order chi connectivity index (χ1) is 14.6. The minimum absolute atomic E-state index is 0.155. The van der Waals surface area contributed by atoms with Crippen molar-refractivity contribution in [2.75, 3.05) is 0 Å². The zero-order valence-corrected chi connectivity index (χ0v) is 15.4. The van der Waals surface area contributed by atoms with Gasteiger partial charge in [-0.1, -0.05) is 11.2 Å². The van der Waals surface area contributed by atoms with Crippen LogP contribution in [0.4, 0.5) is 0 Å². The molecular formula is C19H14N6O5. The van der Waals surface area contributed by atoms with Crippen LogP contribution in [0, 0.1) is 0 Å². The second kappa shape index (κ2) is 7.03. The number of carbonyl (C=O) groups excluding carboxylic acids is 2. The maximum absolute atomic E-state index is 12.4. The van der Waals surface area contributed by atoms with Crippen LogP contribution in [-0.2, 0) is 16.0 Å². The third kappa shape index (κ3) is 3.15. The van der Waals surface area contributed by atoms with E-state index in [1.807, 2.05) is 0 Å². The molecule has 1 unspecified atom stereocenters. The van der Waals surface area contributed by atoms with Crippen molar-refractivity contribution in [3.63, 3.8) is 0 Å². The van der Waals surface area contributed by atoms with Crippen LogP contribution < -0.4 is 11.1 Å². The average molecular weight is 406 g/mol. The summed E-state index contributed by atoms with van der Waals surface area (Å²) >= 11 is 0. The fourth-order valence-electron chi connectivity index (χ4n) is 3.44. The van der Waals surface area contributed by atoms with Crippen LogP contribution in [0.1, 0.15) is 30.3 Å². The van der Waals surface area contributed by atoms with Crippen molar-refractivity contribution in [1.29, 1.82) is 0 Å². The number of rotatable bonds is 4. The summed E-state index contributed by atoms with van der Waals surface area (Å²) in [5.74, 6) is -0.851. The molecule has 5 rings (SSSR count). The van der Waals surface area contributed by atoms with Gasteiger partial charge in [0.1, 0.15) is 11.7 Å². The van der Waals surface area contributed by atoms with E-state index in [4.69, 9.17) is 8.94 Å². The molecule has 1 fully saturated rings. The van der Waals surface area contributed by atoms with E-state index in [2.05, 4.69) is 25.7 Å². The van der Waals surface area contributed by atoms with E-state index in [-0.39, 0.29) is 18.7 Å². The predicted molar refractivity (Wildman–Crippen MR) is 100 cm³/mol. The Balaban J connectivity index is 1.47. The molecule has 1 saturated heterocycles. The molecule has 1 N–H and O–H groups in total. The summed E-state index contributed by atoms with van der Waals surface area (Å²) in [6.07, 6.45) is 2.24. The summed E-state index contributed by atoms with van der Waals surface area (Å²) < 4.78 is 11.8. The molecule has 1 aliphatic heterocycles. The fraction of sp³-hybridized carbons (Fsp3) is 0.211. The SMILES string of the molecule is O=C1CCC(n2c(=O)oc3ccc(Cc4nc(-c5cccnn5)no4)cc32)C(=O)N1. The second-order valence-electron chi connectivity index (χ2n) is 6.80. The Morgan fingerprint density at radius 2 is 2.10 bits per heavy atom. The van der Waals surface area contributed by atoms with Crippen LogP contribution in [0.5, 0.6) is 0 Å². The minimum atomic E-state index is -0.807. The first kappa shape index (κ1) is 17.9. The molecule has 1 atom stereocenters. The van der Waals surface area contributed by atoms with Crippen molar-refractivity contribution in [3.8, 4) is 11.5 Å². The van der Waals surface area contributed by atoms with Gasteiger partial charge in [-0.05, 0) is 36.2 Å². The number of fused-ring (bicyclic) bond motifs is 1. The number of carbonyl (C=O) groups is 2. The molecule has 150 valence electrons. The third-order valence-electron chi connectivity index (χ3n) is 4.82. The average Bonchev–Trinajstić information content (AvgIpc) is 3.33. The molecule has 30 heavy (non-hydrogen) atoms. The van der Waals surface area contributed by atoms with Gasteiger partial charge in [0.05, 0.1) is 11.9 Å². The number of oxazole rings is 1. The molecule has 0 saturated carbocycles. The van der Waals surface area contributed by atoms with Gasteiger partial charge in [-0.25, -0.2) is 4.79 Å². The predicted octanol–water partition coefficient (Wildman–Crippen LogP) is 1.00. The fourth-order valence-corrected chi connectivity index (χ4v) is 3.44. The number of piperidine rings is 1. The smallest absolute Gasteiger partial charge is 0.408 e. The largest absolute Gasteiger partial charge is 0.420 e. The normalized spacial score (nSPS) is 16.7. The van der Waals surface area contributed by atoms with Gasteiger partial charge in [-0.15, -0.1) is 5.10 Å². The number of aromatic nitrogens is 5. The van der Waals surface area contributed by atoms with Crippen molar-refractivity contribution in [2.45, 2.75) is 25.3 Å². The lowest BCUT2D eigenvalue weighted by atomic mass is 10.1. The molecule has 11 nitrogen and oxygen atoms in total. The van der Waals surface area contributed by atoms with Crippen molar-refractivity contribution in [1.82, 2.24) is 30.2 Å². The summed E-state index contributed by atoms with van der Waals surface area (Å²) in [5.41, 5.74) is 2.07. The van der Waals surface area contributed by atoms with E-state index >= 15 is 0 Å². The molecule has 3 aromatic heterocycles. The van der Waals surface area contributed by atoms with Gasteiger partial charge < -0.3 is 8.94 Å².